The van der Waals surface area contributed by atoms with Crippen LogP contribution in [-0.2, 0) is 10.1 Å². The monoisotopic (exact) mass is 301 g/mol. The molecule has 0 spiro atoms. The van der Waals surface area contributed by atoms with E-state index in [0.717, 1.165) is 4.90 Å². The van der Waals surface area contributed by atoms with E-state index in [0.29, 0.717) is 0 Å². The van der Waals surface area contributed by atoms with Crippen LogP contribution >= 0.6 is 0 Å². The zero-order valence-electron chi connectivity index (χ0n) is 11.1. The summed E-state index contributed by atoms with van der Waals surface area (Å²) in [5.41, 5.74) is -3.77. The fourth-order valence-corrected chi connectivity index (χ4v) is 2.74. The molecule has 0 aromatic carbocycles. The van der Waals surface area contributed by atoms with Crippen LogP contribution in [0.3, 0.4) is 0 Å². The molecule has 0 amide bonds. The molecule has 1 unspecified atom stereocenters. The number of aliphatic hydroxyl groups excluding tert-OH is 4. The minimum atomic E-state index is -4.82. The van der Waals surface area contributed by atoms with Gasteiger partial charge in [0.25, 0.3) is 0 Å². The number of hydrogen-bond acceptors (Lipinski definition) is 7. The lowest BCUT2D eigenvalue weighted by Crippen LogP contribution is -2.61. The molecule has 19 heavy (non-hydrogen) atoms. The highest BCUT2D eigenvalue weighted by molar-refractivity contribution is 7.86. The van der Waals surface area contributed by atoms with Crippen LogP contribution in [0.5, 0.6) is 0 Å². The van der Waals surface area contributed by atoms with E-state index in [9.17, 15) is 23.7 Å². The van der Waals surface area contributed by atoms with Crippen molar-refractivity contribution in [1.82, 2.24) is 4.90 Å². The third kappa shape index (κ3) is 4.95. The van der Waals surface area contributed by atoms with E-state index in [1.807, 2.05) is 0 Å². The quantitative estimate of drug-likeness (QED) is 0.249. The molecule has 0 aliphatic heterocycles. The highest BCUT2D eigenvalue weighted by Crippen LogP contribution is 2.26. The highest BCUT2D eigenvalue weighted by atomic mass is 32.2. The molecule has 5 N–H and O–H groups in total. The summed E-state index contributed by atoms with van der Waals surface area (Å²) < 4.78 is 31.0. The van der Waals surface area contributed by atoms with Crippen molar-refractivity contribution in [2.75, 3.05) is 26.4 Å². The molecule has 0 radical (unpaired) electrons. The Morgan fingerprint density at radius 1 is 1.16 bits per heavy atom. The van der Waals surface area contributed by atoms with Gasteiger partial charge in [0.05, 0.1) is 25.4 Å². The molecule has 0 saturated heterocycles. The van der Waals surface area contributed by atoms with Crippen molar-refractivity contribution < 1.29 is 33.4 Å². The summed E-state index contributed by atoms with van der Waals surface area (Å²) in [6, 6.07) is 0. The van der Waals surface area contributed by atoms with Gasteiger partial charge in [-0.15, -0.1) is 0 Å². The van der Waals surface area contributed by atoms with Crippen molar-refractivity contribution in [3.8, 4) is 0 Å². The molecular formula is C10H23NO7S. The van der Waals surface area contributed by atoms with Crippen LogP contribution in [0.15, 0.2) is 0 Å². The summed E-state index contributed by atoms with van der Waals surface area (Å²) in [5.74, 6) is -0.0194. The number of rotatable bonds is 9. The Balaban J connectivity index is 5.51. The lowest BCUT2D eigenvalue weighted by Gasteiger charge is -2.43. The smallest absolute Gasteiger partial charge is 0.306 e. The van der Waals surface area contributed by atoms with Gasteiger partial charge in [-0.2, -0.15) is 8.42 Å². The second-order valence-electron chi connectivity index (χ2n) is 4.90. The molecule has 0 heterocycles. The minimum absolute atomic E-state index is 0.0194. The van der Waals surface area contributed by atoms with Gasteiger partial charge in [0.2, 0.25) is 5.56 Å². The van der Waals surface area contributed by atoms with Crippen LogP contribution in [-0.4, -0.2) is 75.8 Å². The van der Waals surface area contributed by atoms with Crippen molar-refractivity contribution >= 4 is 10.1 Å². The average molecular weight is 301 g/mol. The molecule has 0 aromatic heterocycles. The Kier molecular flexibility index (Phi) is 7.37. The number of aliphatic hydroxyl groups is 4. The zero-order valence-corrected chi connectivity index (χ0v) is 11.9. The Bertz CT molecular complexity index is 353. The van der Waals surface area contributed by atoms with Gasteiger partial charge in [-0.3, -0.25) is 9.45 Å². The van der Waals surface area contributed by atoms with Gasteiger partial charge in [0.15, 0.2) is 0 Å². The molecule has 0 saturated carbocycles. The molecule has 0 bridgehead atoms. The fourth-order valence-electron chi connectivity index (χ4n) is 2.09. The minimum Gasteiger partial charge on any atom is -0.395 e. The maximum absolute atomic E-state index is 11.0. The third-order valence-electron chi connectivity index (χ3n) is 2.86. The SMILES string of the molecule is CC(C)CC(CO)(CO)N(CCO)C(O)S(=O)(=O)O. The van der Waals surface area contributed by atoms with Gasteiger partial charge in [-0.05, 0) is 12.3 Å². The molecule has 8 nitrogen and oxygen atoms in total. The highest BCUT2D eigenvalue weighted by Gasteiger charge is 2.43. The average Bonchev–Trinajstić information content (AvgIpc) is 2.31. The van der Waals surface area contributed by atoms with Gasteiger partial charge in [-0.1, -0.05) is 13.8 Å². The van der Waals surface area contributed by atoms with E-state index in [-0.39, 0.29) is 18.9 Å². The van der Waals surface area contributed by atoms with Crippen molar-refractivity contribution in [3.05, 3.63) is 0 Å². The molecule has 1 atom stereocenters. The van der Waals surface area contributed by atoms with Gasteiger partial charge < -0.3 is 20.4 Å². The van der Waals surface area contributed by atoms with Gasteiger partial charge in [0.1, 0.15) is 0 Å². The van der Waals surface area contributed by atoms with Crippen LogP contribution < -0.4 is 0 Å². The molecule has 0 fully saturated rings. The summed E-state index contributed by atoms with van der Waals surface area (Å²) in [7, 11) is -4.82. The molecule has 9 heteroatoms. The Morgan fingerprint density at radius 2 is 1.63 bits per heavy atom. The normalized spacial score (nSPS) is 15.2. The van der Waals surface area contributed by atoms with Crippen LogP contribution in [0.1, 0.15) is 20.3 Å². The van der Waals surface area contributed by atoms with E-state index < -0.39 is 41.0 Å². The summed E-state index contributed by atoms with van der Waals surface area (Å²) in [5, 5.41) is 37.5. The van der Waals surface area contributed by atoms with Gasteiger partial charge >= 0.3 is 10.1 Å². The lowest BCUT2D eigenvalue weighted by atomic mass is 9.88. The van der Waals surface area contributed by atoms with Crippen LogP contribution in [0, 0.1) is 5.92 Å². The summed E-state index contributed by atoms with van der Waals surface area (Å²) in [6.07, 6.45) is 0.173. The first-order valence-corrected chi connectivity index (χ1v) is 7.38. The maximum atomic E-state index is 11.0. The molecule has 116 valence electrons. The standard InChI is InChI=1S/C10H23NO7S/c1-8(2)5-10(6-13,7-14)11(3-4-12)9(15)19(16,17)18/h8-9,12-15H,3-7H2,1-2H3,(H,16,17,18). The van der Waals surface area contributed by atoms with E-state index in [1.54, 1.807) is 13.8 Å². The lowest BCUT2D eigenvalue weighted by molar-refractivity contribution is -0.0908. The second kappa shape index (κ2) is 7.48. The van der Waals surface area contributed by atoms with E-state index in [2.05, 4.69) is 0 Å². The van der Waals surface area contributed by atoms with Crippen LogP contribution in [0.4, 0.5) is 0 Å². The van der Waals surface area contributed by atoms with Crippen molar-refractivity contribution in [3.63, 3.8) is 0 Å². The number of hydrogen-bond donors (Lipinski definition) is 5. The summed E-state index contributed by atoms with van der Waals surface area (Å²) in [6.45, 7) is 1.48. The summed E-state index contributed by atoms with van der Waals surface area (Å²) >= 11 is 0. The molecule has 0 aliphatic rings. The van der Waals surface area contributed by atoms with Crippen LogP contribution in [0.2, 0.25) is 0 Å². The molecule has 0 rings (SSSR count). The van der Waals surface area contributed by atoms with Crippen molar-refractivity contribution in [2.24, 2.45) is 5.92 Å². The number of nitrogens with zero attached hydrogens (tertiary/aromatic N) is 1. The number of β-amino-alcohol motifs (C(OH)–C–C–N with tert-alkyl or cyclic N) is 1. The van der Waals surface area contributed by atoms with Gasteiger partial charge in [0, 0.05) is 6.54 Å². The largest absolute Gasteiger partial charge is 0.395 e. The molecule has 0 aliphatic carbocycles. The Hall–Kier alpha value is -0.290. The maximum Gasteiger partial charge on any atom is 0.306 e. The van der Waals surface area contributed by atoms with E-state index >= 15 is 0 Å². The second-order valence-corrected chi connectivity index (χ2v) is 6.35. The first-order valence-electron chi connectivity index (χ1n) is 5.88. The predicted octanol–water partition coefficient (Wildman–Crippen LogP) is -1.79. The van der Waals surface area contributed by atoms with E-state index in [4.69, 9.17) is 9.66 Å². The van der Waals surface area contributed by atoms with Gasteiger partial charge in [-0.25, -0.2) is 0 Å². The fraction of sp³-hybridized carbons (Fsp3) is 1.00. The van der Waals surface area contributed by atoms with Crippen LogP contribution in [0.25, 0.3) is 0 Å². The zero-order chi connectivity index (χ0) is 15.3. The first kappa shape index (κ1) is 18.7. The molecular weight excluding hydrogens is 278 g/mol. The Morgan fingerprint density at radius 3 is 1.89 bits per heavy atom. The topological polar surface area (TPSA) is 139 Å². The third-order valence-corrected chi connectivity index (χ3v) is 3.65. The summed E-state index contributed by atoms with van der Waals surface area (Å²) in [4.78, 5) is 0.794. The van der Waals surface area contributed by atoms with E-state index in [1.165, 1.54) is 0 Å². The van der Waals surface area contributed by atoms with Crippen molar-refractivity contribution in [1.29, 1.82) is 0 Å². The first-order chi connectivity index (χ1) is 8.64. The Labute approximate surface area is 113 Å². The molecule has 0 aromatic rings. The van der Waals surface area contributed by atoms with Crippen molar-refractivity contribution in [2.45, 2.75) is 31.4 Å². The predicted molar refractivity (Wildman–Crippen MR) is 67.7 cm³/mol.